The maximum Gasteiger partial charge on any atom is 0.300 e. The number of nitrogens with zero attached hydrogens (tertiary/aromatic N) is 1. The molecule has 0 aliphatic heterocycles. The van der Waals surface area contributed by atoms with Crippen LogP contribution in [0.1, 0.15) is 5.69 Å². The molecule has 2 aromatic rings. The van der Waals surface area contributed by atoms with Crippen LogP contribution in [0.2, 0.25) is 0 Å². The van der Waals surface area contributed by atoms with Gasteiger partial charge in [-0.15, -0.1) is 0 Å². The summed E-state index contributed by atoms with van der Waals surface area (Å²) >= 11 is 0. The van der Waals surface area contributed by atoms with E-state index in [0.29, 0.717) is 0 Å². The summed E-state index contributed by atoms with van der Waals surface area (Å²) in [5.41, 5.74) is 9.30. The molecule has 3 N–H and O–H groups in total. The number of rotatable bonds is 1. The second-order valence-corrected chi connectivity index (χ2v) is 3.42. The van der Waals surface area contributed by atoms with E-state index in [1.807, 2.05) is 36.9 Å². The zero-order chi connectivity index (χ0) is 10.1. The number of aryl methyl sites for hydroxylation is 2. The maximum absolute atomic E-state index is 5.97. The summed E-state index contributed by atoms with van der Waals surface area (Å²) in [4.78, 5) is 0. The number of benzene rings is 1. The van der Waals surface area contributed by atoms with Gasteiger partial charge in [0.2, 0.25) is 0 Å². The minimum Gasteiger partial charge on any atom is -0.285 e. The van der Waals surface area contributed by atoms with Crippen LogP contribution in [0.5, 0.6) is 0 Å². The monoisotopic (exact) mass is 188 g/mol. The largest absolute Gasteiger partial charge is 0.300 e. The SMILES string of the molecule is Cc1[nH][n+](C)c(N)c1-c1ccccc1. The first-order valence-electron chi connectivity index (χ1n) is 4.59. The van der Waals surface area contributed by atoms with Crippen molar-refractivity contribution in [2.24, 2.45) is 7.05 Å². The molecular formula is C11H14N3+. The fraction of sp³-hybridized carbons (Fsp3) is 0.182. The van der Waals surface area contributed by atoms with E-state index in [4.69, 9.17) is 5.73 Å². The Hall–Kier alpha value is -1.77. The van der Waals surface area contributed by atoms with Crippen LogP contribution < -0.4 is 10.4 Å². The minimum atomic E-state index is 0.772. The van der Waals surface area contributed by atoms with Crippen molar-refractivity contribution in [2.75, 3.05) is 5.73 Å². The van der Waals surface area contributed by atoms with Gasteiger partial charge in [0.05, 0.1) is 11.3 Å². The first-order valence-corrected chi connectivity index (χ1v) is 4.59. The molecule has 1 aromatic carbocycles. The van der Waals surface area contributed by atoms with Crippen molar-refractivity contribution < 1.29 is 4.68 Å². The van der Waals surface area contributed by atoms with Crippen molar-refractivity contribution in [3.63, 3.8) is 0 Å². The predicted molar refractivity (Wildman–Crippen MR) is 56.6 cm³/mol. The number of nitrogens with one attached hydrogen (secondary N) is 1. The van der Waals surface area contributed by atoms with E-state index in [9.17, 15) is 0 Å². The Morgan fingerprint density at radius 2 is 1.86 bits per heavy atom. The smallest absolute Gasteiger partial charge is 0.285 e. The van der Waals surface area contributed by atoms with Gasteiger partial charge in [-0.1, -0.05) is 30.3 Å². The van der Waals surface area contributed by atoms with E-state index in [1.165, 1.54) is 0 Å². The van der Waals surface area contributed by atoms with Gasteiger partial charge < -0.3 is 0 Å². The number of aromatic nitrogens is 2. The number of nitrogen functional groups attached to an aromatic ring is 1. The lowest BCUT2D eigenvalue weighted by Crippen LogP contribution is -2.33. The predicted octanol–water partition coefficient (Wildman–Crippen LogP) is 1.40. The normalized spacial score (nSPS) is 10.4. The molecule has 0 atom stereocenters. The standard InChI is InChI=1S/C11H13N3/c1-8-10(11(12)14(2)13-8)9-6-4-3-5-7-9/h3-7H,1-2H3,(H2,12,13)/p+1. The molecule has 0 aliphatic carbocycles. The van der Waals surface area contributed by atoms with Crippen molar-refractivity contribution in [3.05, 3.63) is 36.0 Å². The minimum absolute atomic E-state index is 0.772. The van der Waals surface area contributed by atoms with Gasteiger partial charge in [0, 0.05) is 0 Å². The van der Waals surface area contributed by atoms with E-state index < -0.39 is 0 Å². The second-order valence-electron chi connectivity index (χ2n) is 3.42. The molecule has 3 heteroatoms. The van der Waals surface area contributed by atoms with Gasteiger partial charge in [0.1, 0.15) is 7.05 Å². The summed E-state index contributed by atoms with van der Waals surface area (Å²) in [6, 6.07) is 10.2. The molecule has 2 rings (SSSR count). The lowest BCUT2D eigenvalue weighted by molar-refractivity contribution is -0.713. The van der Waals surface area contributed by atoms with Gasteiger partial charge in [-0.05, 0) is 12.5 Å². The molecule has 0 saturated carbocycles. The molecule has 0 aliphatic rings. The van der Waals surface area contributed by atoms with Crippen molar-refractivity contribution in [1.29, 1.82) is 0 Å². The number of anilines is 1. The van der Waals surface area contributed by atoms with Crippen molar-refractivity contribution in [2.45, 2.75) is 6.92 Å². The molecule has 1 heterocycles. The average Bonchev–Trinajstić information content (AvgIpc) is 2.43. The van der Waals surface area contributed by atoms with Gasteiger partial charge in [-0.25, -0.2) is 5.10 Å². The topological polar surface area (TPSA) is 45.7 Å². The number of nitrogens with two attached hydrogens (primary N) is 1. The Balaban J connectivity index is 2.62. The van der Waals surface area contributed by atoms with Gasteiger partial charge in [-0.3, -0.25) is 5.73 Å². The zero-order valence-corrected chi connectivity index (χ0v) is 8.41. The molecule has 0 saturated heterocycles. The Morgan fingerprint density at radius 1 is 1.21 bits per heavy atom. The Kier molecular flexibility index (Phi) is 2.00. The van der Waals surface area contributed by atoms with Crippen LogP contribution in [0.25, 0.3) is 11.1 Å². The number of H-pyrrole nitrogens is 1. The fourth-order valence-corrected chi connectivity index (χ4v) is 1.70. The molecule has 0 radical (unpaired) electrons. The zero-order valence-electron chi connectivity index (χ0n) is 8.41. The van der Waals surface area contributed by atoms with Crippen LogP contribution in [0.15, 0.2) is 30.3 Å². The van der Waals surface area contributed by atoms with E-state index in [0.717, 1.165) is 22.6 Å². The highest BCUT2D eigenvalue weighted by molar-refractivity contribution is 5.74. The Bertz CT molecular complexity index is 443. The van der Waals surface area contributed by atoms with Crippen LogP contribution >= 0.6 is 0 Å². The second kappa shape index (κ2) is 3.18. The van der Waals surface area contributed by atoms with Crippen molar-refractivity contribution >= 4 is 5.82 Å². The van der Waals surface area contributed by atoms with Gasteiger partial charge in [0.25, 0.3) is 0 Å². The average molecular weight is 188 g/mol. The third kappa shape index (κ3) is 1.27. The molecular weight excluding hydrogens is 174 g/mol. The van der Waals surface area contributed by atoms with E-state index in [-0.39, 0.29) is 0 Å². The highest BCUT2D eigenvalue weighted by Gasteiger charge is 2.16. The molecule has 0 fully saturated rings. The van der Waals surface area contributed by atoms with E-state index in [1.54, 1.807) is 0 Å². The highest BCUT2D eigenvalue weighted by Crippen LogP contribution is 2.25. The molecule has 14 heavy (non-hydrogen) atoms. The Labute approximate surface area is 83.2 Å². The summed E-state index contributed by atoms with van der Waals surface area (Å²) in [6.45, 7) is 2.03. The molecule has 0 spiro atoms. The van der Waals surface area contributed by atoms with Gasteiger partial charge in [-0.2, -0.15) is 4.68 Å². The first kappa shape index (κ1) is 8.81. The van der Waals surface area contributed by atoms with Crippen LogP contribution in [0.3, 0.4) is 0 Å². The summed E-state index contributed by atoms with van der Waals surface area (Å²) in [6.07, 6.45) is 0. The van der Waals surface area contributed by atoms with Gasteiger partial charge >= 0.3 is 5.82 Å². The quantitative estimate of drug-likeness (QED) is 0.653. The molecule has 0 unspecified atom stereocenters. The summed E-state index contributed by atoms with van der Waals surface area (Å²) in [5, 5.41) is 3.17. The third-order valence-electron chi connectivity index (χ3n) is 2.39. The molecule has 72 valence electrons. The lowest BCUT2D eigenvalue weighted by atomic mass is 10.1. The van der Waals surface area contributed by atoms with Crippen LogP contribution in [0, 0.1) is 6.92 Å². The number of hydrogen-bond acceptors (Lipinski definition) is 1. The van der Waals surface area contributed by atoms with Crippen molar-refractivity contribution in [1.82, 2.24) is 5.10 Å². The number of hydrogen-bond donors (Lipinski definition) is 2. The summed E-state index contributed by atoms with van der Waals surface area (Å²) in [5.74, 6) is 0.772. The lowest BCUT2D eigenvalue weighted by Gasteiger charge is -1.96. The van der Waals surface area contributed by atoms with E-state index in [2.05, 4.69) is 17.2 Å². The first-order chi connectivity index (χ1) is 6.70. The van der Waals surface area contributed by atoms with Gasteiger partial charge in [0.15, 0.2) is 0 Å². The summed E-state index contributed by atoms with van der Waals surface area (Å²) < 4.78 is 1.83. The molecule has 1 aromatic heterocycles. The molecule has 3 nitrogen and oxygen atoms in total. The third-order valence-corrected chi connectivity index (χ3v) is 2.39. The van der Waals surface area contributed by atoms with Crippen LogP contribution in [-0.4, -0.2) is 5.10 Å². The van der Waals surface area contributed by atoms with Crippen LogP contribution in [-0.2, 0) is 7.05 Å². The maximum atomic E-state index is 5.97. The van der Waals surface area contributed by atoms with Crippen LogP contribution in [0.4, 0.5) is 5.82 Å². The highest BCUT2D eigenvalue weighted by atomic mass is 15.3. The van der Waals surface area contributed by atoms with E-state index >= 15 is 0 Å². The fourth-order valence-electron chi connectivity index (χ4n) is 1.70. The molecule has 0 bridgehead atoms. The van der Waals surface area contributed by atoms with Crippen molar-refractivity contribution in [3.8, 4) is 11.1 Å². The molecule has 0 amide bonds. The summed E-state index contributed by atoms with van der Waals surface area (Å²) in [7, 11) is 1.91. The number of aromatic amines is 1. The Morgan fingerprint density at radius 3 is 2.36 bits per heavy atom.